The van der Waals surface area contributed by atoms with Gasteiger partial charge >= 0.3 is 0 Å². The smallest absolute Gasteiger partial charge is 0.226 e. The van der Waals surface area contributed by atoms with E-state index in [1.807, 2.05) is 42.3 Å². The maximum atomic E-state index is 13.6. The molecule has 2 N–H and O–H groups in total. The van der Waals surface area contributed by atoms with Gasteiger partial charge in [0.15, 0.2) is 8.32 Å². The highest BCUT2D eigenvalue weighted by Crippen LogP contribution is 2.46. The molecule has 0 radical (unpaired) electrons. The van der Waals surface area contributed by atoms with Crippen molar-refractivity contribution in [2.75, 3.05) is 18.1 Å². The molecule has 0 bridgehead atoms. The van der Waals surface area contributed by atoms with Crippen LogP contribution in [0.1, 0.15) is 55.7 Å². The first-order valence-corrected chi connectivity index (χ1v) is 17.9. The summed E-state index contributed by atoms with van der Waals surface area (Å²) in [4.78, 5) is 41.1. The average molecular weight is 565 g/mol. The van der Waals surface area contributed by atoms with Crippen molar-refractivity contribution in [2.45, 2.75) is 95.3 Å². The Hall–Kier alpha value is -2.52. The molecule has 40 heavy (non-hydrogen) atoms. The number of piperidine rings is 1. The van der Waals surface area contributed by atoms with E-state index in [1.165, 1.54) is 11.1 Å². The van der Waals surface area contributed by atoms with Crippen LogP contribution < -0.4 is 4.90 Å². The van der Waals surface area contributed by atoms with Crippen LogP contribution in [0.15, 0.2) is 48.5 Å². The first-order chi connectivity index (χ1) is 19.2. The number of aryl methyl sites for hydroxylation is 1. The number of carbonyl (C=O) groups excluding carboxylic acids is 2. The minimum atomic E-state index is -2.63. The number of aliphatic hydroxyl groups excluding tert-OH is 1. The maximum Gasteiger partial charge on any atom is 0.226 e. The van der Waals surface area contributed by atoms with Crippen molar-refractivity contribution in [1.29, 1.82) is 0 Å². The molecule has 0 aromatic heterocycles. The fourth-order valence-electron chi connectivity index (χ4n) is 7.21. The largest absolute Gasteiger partial charge is 0.432 e. The Morgan fingerprint density at radius 2 is 1.85 bits per heavy atom. The summed E-state index contributed by atoms with van der Waals surface area (Å²) in [7, 11) is -2.63. The van der Waals surface area contributed by atoms with E-state index in [9.17, 15) is 19.5 Å². The van der Waals surface area contributed by atoms with Crippen molar-refractivity contribution in [3.63, 3.8) is 0 Å². The number of hydrogen-bond acceptors (Lipinski definition) is 5. The Morgan fingerprint density at radius 1 is 1.07 bits per heavy atom. The van der Waals surface area contributed by atoms with E-state index in [0.717, 1.165) is 43.5 Å². The highest BCUT2D eigenvalue weighted by Gasteiger charge is 2.50. The molecule has 2 fully saturated rings. The van der Waals surface area contributed by atoms with E-state index in [0.29, 0.717) is 19.4 Å². The number of amides is 2. The molecule has 2 saturated heterocycles. The average Bonchev–Trinajstić information content (AvgIpc) is 3.26. The molecule has 3 aliphatic rings. The topological polar surface area (TPSA) is 90.3 Å². The zero-order valence-electron chi connectivity index (χ0n) is 24.1. The Kier molecular flexibility index (Phi) is 8.80. The number of hydrogen-bond donors (Lipinski definition) is 2. The van der Waals surface area contributed by atoms with Crippen LogP contribution in [0.25, 0.3) is 0 Å². The predicted molar refractivity (Wildman–Crippen MR) is 158 cm³/mol. The molecule has 5 rings (SSSR count). The van der Waals surface area contributed by atoms with Crippen molar-refractivity contribution >= 4 is 25.8 Å². The number of nitrogens with zero attached hydrogens (tertiary/aromatic N) is 2. The van der Waals surface area contributed by atoms with Crippen LogP contribution in [0.3, 0.4) is 0 Å². The normalized spacial score (nSPS) is 27.1. The molecule has 0 aliphatic carbocycles. The van der Waals surface area contributed by atoms with E-state index in [1.54, 1.807) is 4.90 Å². The Morgan fingerprint density at radius 3 is 2.58 bits per heavy atom. The van der Waals surface area contributed by atoms with Crippen LogP contribution in [0.5, 0.6) is 0 Å². The predicted octanol–water partition coefficient (Wildman–Crippen LogP) is 4.44. The summed E-state index contributed by atoms with van der Waals surface area (Å²) in [5, 5.41) is 10.1. The molecule has 2 aromatic carbocycles. The number of rotatable bonds is 8. The molecule has 5 atom stereocenters. The van der Waals surface area contributed by atoms with Crippen molar-refractivity contribution in [3.8, 4) is 0 Å². The summed E-state index contributed by atoms with van der Waals surface area (Å²) < 4.78 is 6.60. The highest BCUT2D eigenvalue weighted by atomic mass is 28.4. The number of carbonyl (C=O) groups is 2. The minimum Gasteiger partial charge on any atom is -0.432 e. The van der Waals surface area contributed by atoms with E-state index in [2.05, 4.69) is 31.2 Å². The first kappa shape index (κ1) is 29.0. The highest BCUT2D eigenvalue weighted by molar-refractivity contribution is 6.71. The van der Waals surface area contributed by atoms with Gasteiger partial charge in [0.05, 0.1) is 31.3 Å². The van der Waals surface area contributed by atoms with E-state index >= 15 is 0 Å². The van der Waals surface area contributed by atoms with Crippen LogP contribution in [0.2, 0.25) is 18.6 Å². The fourth-order valence-corrected chi connectivity index (χ4v) is 9.81. The van der Waals surface area contributed by atoms with Gasteiger partial charge in [0.25, 0.3) is 0 Å². The molecular weight excluding hydrogens is 520 g/mol. The monoisotopic (exact) mass is 564 g/mol. The Labute approximate surface area is 239 Å². The molecule has 3 heterocycles. The molecule has 2 aromatic rings. The van der Waals surface area contributed by atoms with Crippen molar-refractivity contribution < 1.29 is 24.2 Å². The molecule has 0 unspecified atom stereocenters. The lowest BCUT2D eigenvalue weighted by molar-refractivity contribution is -0.138. The standard InChI is InChI=1S/C32H44N2O5Si/c1-22-28(15-14-23-9-8-12-26(17-23)33-16-7-6-13-30(33)36)39-29(32(22)40(2,3)38)19-31(37)34-20-25-11-5-4-10-24(25)18-27(34)21-35/h4-5,8-12,17,22,27-29,32,35,38H,6-7,13-16,18-21H2,1-3H3/t22-,27-,28+,29-,32+/m0/s1. The third kappa shape index (κ3) is 6.20. The molecule has 2 amide bonds. The zero-order valence-corrected chi connectivity index (χ0v) is 25.1. The van der Waals surface area contributed by atoms with Crippen molar-refractivity contribution in [2.24, 2.45) is 5.92 Å². The minimum absolute atomic E-state index is 0.0199. The summed E-state index contributed by atoms with van der Waals surface area (Å²) >= 11 is 0. The number of ether oxygens (including phenoxy) is 1. The van der Waals surface area contributed by atoms with Crippen molar-refractivity contribution in [3.05, 3.63) is 65.2 Å². The number of fused-ring (bicyclic) bond motifs is 1. The Bertz CT molecular complexity index is 1210. The van der Waals surface area contributed by atoms with Gasteiger partial charge in [-0.1, -0.05) is 43.3 Å². The number of benzene rings is 2. The zero-order chi connectivity index (χ0) is 28.4. The van der Waals surface area contributed by atoms with Crippen LogP contribution in [-0.2, 0) is 33.7 Å². The summed E-state index contributed by atoms with van der Waals surface area (Å²) in [5.74, 6) is 0.308. The van der Waals surface area contributed by atoms with Crippen LogP contribution in [-0.4, -0.2) is 66.3 Å². The quantitative estimate of drug-likeness (QED) is 0.463. The number of aliphatic hydroxyl groups is 1. The van der Waals surface area contributed by atoms with Gasteiger partial charge in [0.1, 0.15) is 0 Å². The second-order valence-electron chi connectivity index (χ2n) is 12.5. The van der Waals surface area contributed by atoms with Gasteiger partial charge in [-0.3, -0.25) is 9.59 Å². The van der Waals surface area contributed by atoms with Gasteiger partial charge in [0, 0.05) is 30.7 Å². The van der Waals surface area contributed by atoms with Crippen molar-refractivity contribution in [1.82, 2.24) is 4.90 Å². The van der Waals surface area contributed by atoms with Gasteiger partial charge in [-0.15, -0.1) is 0 Å². The third-order valence-corrected chi connectivity index (χ3v) is 11.8. The lowest BCUT2D eigenvalue weighted by atomic mass is 9.93. The lowest BCUT2D eigenvalue weighted by Gasteiger charge is -2.37. The fraction of sp³-hybridized carbons (Fsp3) is 0.562. The second kappa shape index (κ2) is 12.1. The van der Waals surface area contributed by atoms with E-state index in [-0.39, 0.29) is 54.6 Å². The first-order valence-electron chi connectivity index (χ1n) is 14.9. The number of anilines is 1. The van der Waals surface area contributed by atoms with E-state index in [4.69, 9.17) is 4.74 Å². The van der Waals surface area contributed by atoms with Gasteiger partial charge < -0.3 is 24.4 Å². The third-order valence-electron chi connectivity index (χ3n) is 9.24. The van der Waals surface area contributed by atoms with Crippen LogP contribution in [0, 0.1) is 5.92 Å². The summed E-state index contributed by atoms with van der Waals surface area (Å²) in [5.41, 5.74) is 4.40. The lowest BCUT2D eigenvalue weighted by Crippen LogP contribution is -2.48. The SMILES string of the molecule is C[C@@H]1[C@@H]([Si](C)(C)O)[C@H](CC(=O)N2Cc3ccccc3C[C@H]2CO)O[C@@H]1CCc1cccc(N2CCCCC2=O)c1. The maximum absolute atomic E-state index is 13.6. The summed E-state index contributed by atoms with van der Waals surface area (Å²) in [6.07, 6.45) is 4.68. The summed E-state index contributed by atoms with van der Waals surface area (Å²) in [6.45, 7) is 7.25. The molecule has 0 saturated carbocycles. The Balaban J connectivity index is 1.26. The van der Waals surface area contributed by atoms with Gasteiger partial charge in [-0.05, 0) is 79.9 Å². The molecular formula is C32H44N2O5Si. The summed E-state index contributed by atoms with van der Waals surface area (Å²) in [6, 6.07) is 16.1. The van der Waals surface area contributed by atoms with Crippen LogP contribution >= 0.6 is 0 Å². The molecule has 8 heteroatoms. The van der Waals surface area contributed by atoms with Gasteiger partial charge in [-0.25, -0.2) is 0 Å². The van der Waals surface area contributed by atoms with Gasteiger partial charge in [-0.2, -0.15) is 0 Å². The molecule has 3 aliphatic heterocycles. The second-order valence-corrected chi connectivity index (χ2v) is 16.5. The van der Waals surface area contributed by atoms with Crippen LogP contribution in [0.4, 0.5) is 5.69 Å². The van der Waals surface area contributed by atoms with Gasteiger partial charge in [0.2, 0.25) is 11.8 Å². The molecule has 0 spiro atoms. The molecule has 216 valence electrons. The van der Waals surface area contributed by atoms with E-state index < -0.39 is 8.32 Å². The molecule has 7 nitrogen and oxygen atoms in total.